The summed E-state index contributed by atoms with van der Waals surface area (Å²) in [5.74, 6) is 0.775. The van der Waals surface area contributed by atoms with Gasteiger partial charge < -0.3 is 14.8 Å². The number of ether oxygens (including phenoxy) is 2. The number of nitrogens with one attached hydrogen (secondary N) is 1. The zero-order chi connectivity index (χ0) is 20.4. The fraction of sp³-hybridized carbons (Fsp3) is 0.0909. The Morgan fingerprint density at radius 1 is 1.03 bits per heavy atom. The molecule has 1 N–H and O–H groups in total. The van der Waals surface area contributed by atoms with Gasteiger partial charge in [0.15, 0.2) is 5.17 Å². The largest absolute Gasteiger partial charge is 0.497 e. The lowest BCUT2D eigenvalue weighted by atomic mass is 10.0. The minimum absolute atomic E-state index is 0.252. The van der Waals surface area contributed by atoms with E-state index in [1.165, 1.54) is 23.9 Å². The fourth-order valence-corrected chi connectivity index (χ4v) is 3.82. The molecule has 1 amide bonds. The number of halogens is 1. The summed E-state index contributed by atoms with van der Waals surface area (Å²) in [6.07, 6.45) is 1.79. The van der Waals surface area contributed by atoms with Crippen LogP contribution in [0, 0.1) is 5.82 Å². The van der Waals surface area contributed by atoms with E-state index in [1.54, 1.807) is 32.4 Å². The van der Waals surface area contributed by atoms with Crippen molar-refractivity contribution in [2.75, 3.05) is 14.2 Å². The molecular formula is C22H17FN2O3S. The van der Waals surface area contributed by atoms with E-state index in [-0.39, 0.29) is 11.7 Å². The van der Waals surface area contributed by atoms with Crippen molar-refractivity contribution in [3.63, 3.8) is 0 Å². The Balaban J connectivity index is 1.74. The Bertz CT molecular complexity index is 1150. The van der Waals surface area contributed by atoms with Gasteiger partial charge in [0.2, 0.25) is 0 Å². The summed E-state index contributed by atoms with van der Waals surface area (Å²) in [6, 6.07) is 15.3. The monoisotopic (exact) mass is 408 g/mol. The second-order valence-electron chi connectivity index (χ2n) is 6.23. The van der Waals surface area contributed by atoms with Crippen LogP contribution < -0.4 is 14.8 Å². The zero-order valence-electron chi connectivity index (χ0n) is 15.7. The van der Waals surface area contributed by atoms with Gasteiger partial charge in [0, 0.05) is 5.56 Å². The van der Waals surface area contributed by atoms with E-state index in [0.717, 1.165) is 16.3 Å². The SMILES string of the molecule is COc1ccc2ccc(OC)c(/C=C3\SC(=Nc4ccc(F)cc4)NC3=O)c2c1. The van der Waals surface area contributed by atoms with Crippen LogP contribution in [0.1, 0.15) is 5.56 Å². The molecule has 1 heterocycles. The molecule has 0 spiro atoms. The van der Waals surface area contributed by atoms with Crippen molar-refractivity contribution in [1.29, 1.82) is 0 Å². The van der Waals surface area contributed by atoms with Gasteiger partial charge in [0.05, 0.1) is 24.8 Å². The fourth-order valence-electron chi connectivity index (χ4n) is 3.00. The molecule has 3 aromatic rings. The maximum absolute atomic E-state index is 13.1. The van der Waals surface area contributed by atoms with E-state index in [9.17, 15) is 9.18 Å². The molecule has 1 aliphatic heterocycles. The molecule has 0 unspecified atom stereocenters. The summed E-state index contributed by atoms with van der Waals surface area (Å²) in [6.45, 7) is 0. The van der Waals surface area contributed by atoms with Crippen LogP contribution in [0.25, 0.3) is 16.8 Å². The first-order valence-corrected chi connectivity index (χ1v) is 9.59. The molecule has 1 saturated heterocycles. The maximum Gasteiger partial charge on any atom is 0.264 e. The van der Waals surface area contributed by atoms with Gasteiger partial charge in [-0.05, 0) is 71.1 Å². The summed E-state index contributed by atoms with van der Waals surface area (Å²) in [7, 11) is 3.20. The van der Waals surface area contributed by atoms with Crippen molar-refractivity contribution < 1.29 is 18.7 Å². The van der Waals surface area contributed by atoms with Gasteiger partial charge in [-0.1, -0.05) is 12.1 Å². The van der Waals surface area contributed by atoms with E-state index in [0.29, 0.717) is 27.3 Å². The smallest absolute Gasteiger partial charge is 0.264 e. The van der Waals surface area contributed by atoms with E-state index < -0.39 is 0 Å². The zero-order valence-corrected chi connectivity index (χ0v) is 16.5. The Kier molecular flexibility index (Phi) is 5.22. The van der Waals surface area contributed by atoms with E-state index in [4.69, 9.17) is 9.47 Å². The second kappa shape index (κ2) is 7.97. The first kappa shape index (κ1) is 19.0. The molecule has 1 aliphatic rings. The molecule has 29 heavy (non-hydrogen) atoms. The van der Waals surface area contributed by atoms with Crippen molar-refractivity contribution >= 4 is 45.4 Å². The number of aliphatic imine (C=N–C) groups is 1. The predicted octanol–water partition coefficient (Wildman–Crippen LogP) is 4.89. The van der Waals surface area contributed by atoms with Gasteiger partial charge in [-0.25, -0.2) is 9.38 Å². The molecule has 4 rings (SSSR count). The molecule has 146 valence electrons. The number of rotatable bonds is 4. The highest BCUT2D eigenvalue weighted by Crippen LogP contribution is 2.35. The highest BCUT2D eigenvalue weighted by Gasteiger charge is 2.24. The second-order valence-corrected chi connectivity index (χ2v) is 7.26. The lowest BCUT2D eigenvalue weighted by molar-refractivity contribution is -0.115. The van der Waals surface area contributed by atoms with Crippen molar-refractivity contribution in [3.05, 3.63) is 70.9 Å². The number of fused-ring (bicyclic) bond motifs is 1. The Morgan fingerprint density at radius 3 is 2.52 bits per heavy atom. The molecular weight excluding hydrogens is 391 g/mol. The summed E-state index contributed by atoms with van der Waals surface area (Å²) < 4.78 is 23.9. The van der Waals surface area contributed by atoms with Crippen molar-refractivity contribution in [1.82, 2.24) is 5.32 Å². The first-order chi connectivity index (χ1) is 14.1. The molecule has 0 radical (unpaired) electrons. The molecule has 0 saturated carbocycles. The van der Waals surface area contributed by atoms with Crippen LogP contribution in [-0.2, 0) is 4.79 Å². The summed E-state index contributed by atoms with van der Waals surface area (Å²) in [5.41, 5.74) is 1.34. The average Bonchev–Trinajstić information content (AvgIpc) is 3.08. The van der Waals surface area contributed by atoms with Crippen LogP contribution in [0.15, 0.2) is 64.5 Å². The summed E-state index contributed by atoms with van der Waals surface area (Å²) in [4.78, 5) is 17.3. The quantitative estimate of drug-likeness (QED) is 0.625. The third-order valence-electron chi connectivity index (χ3n) is 4.43. The molecule has 5 nitrogen and oxygen atoms in total. The molecule has 0 aromatic heterocycles. The number of hydrogen-bond donors (Lipinski definition) is 1. The number of benzene rings is 3. The number of carbonyl (C=O) groups excluding carboxylic acids is 1. The lowest BCUT2D eigenvalue weighted by Crippen LogP contribution is -2.19. The van der Waals surface area contributed by atoms with Crippen LogP contribution in [0.5, 0.6) is 11.5 Å². The standard InChI is InChI=1S/C22H17FN2O3S/c1-27-16-9-3-13-4-10-19(28-2)18(17(13)11-16)12-20-21(26)25-22(29-20)24-15-7-5-14(23)6-8-15/h3-12H,1-2H3,(H,24,25,26)/b20-12-. The van der Waals surface area contributed by atoms with Gasteiger partial charge in [-0.2, -0.15) is 0 Å². The molecule has 3 aromatic carbocycles. The Morgan fingerprint density at radius 2 is 1.79 bits per heavy atom. The van der Waals surface area contributed by atoms with Crippen LogP contribution in [0.4, 0.5) is 10.1 Å². The number of methoxy groups -OCH3 is 2. The van der Waals surface area contributed by atoms with Crippen molar-refractivity contribution in [2.45, 2.75) is 0 Å². The van der Waals surface area contributed by atoms with Gasteiger partial charge in [-0.15, -0.1) is 0 Å². The first-order valence-electron chi connectivity index (χ1n) is 8.77. The van der Waals surface area contributed by atoms with Gasteiger partial charge in [0.1, 0.15) is 17.3 Å². The minimum Gasteiger partial charge on any atom is -0.497 e. The molecule has 0 atom stereocenters. The van der Waals surface area contributed by atoms with Crippen molar-refractivity contribution in [2.24, 2.45) is 4.99 Å². The Hall–Kier alpha value is -3.32. The highest BCUT2D eigenvalue weighted by atomic mass is 32.2. The molecule has 0 bridgehead atoms. The number of hydrogen-bond acceptors (Lipinski definition) is 5. The number of nitrogens with zero attached hydrogens (tertiary/aromatic N) is 1. The molecule has 7 heteroatoms. The minimum atomic E-state index is -0.337. The van der Waals surface area contributed by atoms with Gasteiger partial charge in [-0.3, -0.25) is 4.79 Å². The molecule has 1 fully saturated rings. The maximum atomic E-state index is 13.1. The van der Waals surface area contributed by atoms with Crippen LogP contribution >= 0.6 is 11.8 Å². The molecule has 0 aliphatic carbocycles. The summed E-state index contributed by atoms with van der Waals surface area (Å²) >= 11 is 1.22. The number of thioether (sulfide) groups is 1. The highest BCUT2D eigenvalue weighted by molar-refractivity contribution is 8.18. The third kappa shape index (κ3) is 3.95. The van der Waals surface area contributed by atoms with E-state index in [1.807, 2.05) is 30.3 Å². The summed E-state index contributed by atoms with van der Waals surface area (Å²) in [5, 5.41) is 5.09. The average molecular weight is 408 g/mol. The lowest BCUT2D eigenvalue weighted by Gasteiger charge is -2.10. The Labute approximate surface area is 171 Å². The van der Waals surface area contributed by atoms with E-state index in [2.05, 4.69) is 10.3 Å². The van der Waals surface area contributed by atoms with Gasteiger partial charge in [0.25, 0.3) is 5.91 Å². The van der Waals surface area contributed by atoms with Crippen molar-refractivity contribution in [3.8, 4) is 11.5 Å². The normalized spacial score (nSPS) is 16.4. The number of amides is 1. The van der Waals surface area contributed by atoms with Crippen LogP contribution in [0.2, 0.25) is 0 Å². The predicted molar refractivity (Wildman–Crippen MR) is 114 cm³/mol. The van der Waals surface area contributed by atoms with Crippen LogP contribution in [-0.4, -0.2) is 25.3 Å². The number of amidine groups is 1. The van der Waals surface area contributed by atoms with E-state index >= 15 is 0 Å². The third-order valence-corrected chi connectivity index (χ3v) is 5.34. The topological polar surface area (TPSA) is 59.9 Å². The number of carbonyl (C=O) groups is 1. The van der Waals surface area contributed by atoms with Gasteiger partial charge >= 0.3 is 0 Å². The van der Waals surface area contributed by atoms with Crippen LogP contribution in [0.3, 0.4) is 0 Å².